The molecule has 3 aromatic heterocycles. The van der Waals surface area contributed by atoms with Crippen LogP contribution in [0.2, 0.25) is 0 Å². The number of amides is 2. The van der Waals surface area contributed by atoms with Crippen LogP contribution < -0.4 is 11.1 Å². The predicted molar refractivity (Wildman–Crippen MR) is 120 cm³/mol. The predicted octanol–water partition coefficient (Wildman–Crippen LogP) is 3.21. The van der Waals surface area contributed by atoms with Crippen LogP contribution in [-0.4, -0.2) is 31.6 Å². The van der Waals surface area contributed by atoms with Gasteiger partial charge in [0.2, 0.25) is 17.7 Å². The number of piperidine rings is 1. The first-order valence-electron chi connectivity index (χ1n) is 10.3. The van der Waals surface area contributed by atoms with Gasteiger partial charge in [0, 0.05) is 7.85 Å². The van der Waals surface area contributed by atoms with Crippen LogP contribution in [0.3, 0.4) is 0 Å². The van der Waals surface area contributed by atoms with E-state index in [-0.39, 0.29) is 49.1 Å². The van der Waals surface area contributed by atoms with Crippen LogP contribution in [-0.2, 0) is 16.0 Å². The van der Waals surface area contributed by atoms with Crippen molar-refractivity contribution in [3.8, 4) is 10.9 Å². The highest BCUT2D eigenvalue weighted by Gasteiger charge is 2.32. The number of oxazole rings is 1. The van der Waals surface area contributed by atoms with Gasteiger partial charge in [-0.3, -0.25) is 19.5 Å². The van der Waals surface area contributed by atoms with Crippen molar-refractivity contribution in [2.24, 2.45) is 0 Å². The number of carbonyl (C=O) groups is 2. The number of hydrogen-bond acceptors (Lipinski definition) is 9. The van der Waals surface area contributed by atoms with E-state index in [0.717, 1.165) is 14.8 Å². The van der Waals surface area contributed by atoms with Gasteiger partial charge in [0.1, 0.15) is 11.6 Å². The molecular weight excluding hydrogens is 465 g/mol. The summed E-state index contributed by atoms with van der Waals surface area (Å²) in [5, 5.41) is 10.8. The van der Waals surface area contributed by atoms with E-state index in [1.807, 2.05) is 24.3 Å². The number of para-hydroxylation sites is 1. The summed E-state index contributed by atoms with van der Waals surface area (Å²) in [6.45, 7) is 0. The van der Waals surface area contributed by atoms with Crippen LogP contribution in [0, 0.1) is 5.82 Å². The molecule has 1 atom stereocenters. The summed E-state index contributed by atoms with van der Waals surface area (Å²) in [6.07, 6.45) is 0.0554. The summed E-state index contributed by atoms with van der Waals surface area (Å²) in [4.78, 5) is 40.7. The molecule has 6 rings (SSSR count). The Morgan fingerprint density at radius 1 is 1.15 bits per heavy atom. The van der Waals surface area contributed by atoms with Gasteiger partial charge in [0.05, 0.1) is 16.6 Å². The van der Waals surface area contributed by atoms with Gasteiger partial charge in [-0.2, -0.15) is 0 Å². The molecule has 2 aromatic carbocycles. The number of imide groups is 1. The maximum Gasteiger partial charge on any atom is 0.420 e. The molecule has 0 spiro atoms. The fourth-order valence-corrected chi connectivity index (χ4v) is 4.90. The average Bonchev–Trinajstić information content (AvgIpc) is 3.52. The molecule has 0 radical (unpaired) electrons. The van der Waals surface area contributed by atoms with Crippen LogP contribution in [0.5, 0.6) is 0 Å². The molecular formula is C22H16FN5O5S. The van der Waals surface area contributed by atoms with Gasteiger partial charge in [0.15, 0.2) is 16.4 Å². The number of hydrogen-bond donors (Lipinski definition) is 1. The summed E-state index contributed by atoms with van der Waals surface area (Å²) in [5.74, 6) is -2.36. The third kappa shape index (κ3) is 3.30. The third-order valence-corrected chi connectivity index (χ3v) is 6.63. The second-order valence-corrected chi connectivity index (χ2v) is 8.79. The molecule has 12 heteroatoms. The number of nitrogens with one attached hydrogen (secondary N) is 1. The molecule has 1 aliphatic heterocycles. The Labute approximate surface area is 194 Å². The zero-order chi connectivity index (χ0) is 23.4. The van der Waals surface area contributed by atoms with Crippen LogP contribution in [0.1, 0.15) is 31.8 Å². The maximum absolute atomic E-state index is 15.5. The third-order valence-electron chi connectivity index (χ3n) is 5.60. The van der Waals surface area contributed by atoms with Crippen LogP contribution in [0.25, 0.3) is 32.2 Å². The minimum Gasteiger partial charge on any atom is -0.418 e. The zero-order valence-electron chi connectivity index (χ0n) is 17.3. The summed E-state index contributed by atoms with van der Waals surface area (Å²) in [5.41, 5.74) is 0.832. The number of benzene rings is 2. The lowest BCUT2D eigenvalue weighted by molar-refractivity contribution is -0.135. The highest BCUT2D eigenvalue weighted by Crippen LogP contribution is 2.31. The average molecular weight is 481 g/mol. The molecule has 0 aliphatic carbocycles. The van der Waals surface area contributed by atoms with Crippen molar-refractivity contribution in [1.29, 1.82) is 0 Å². The van der Waals surface area contributed by atoms with Crippen LogP contribution in [0.4, 0.5) is 4.39 Å². The van der Waals surface area contributed by atoms with Gasteiger partial charge >= 0.3 is 5.76 Å². The Morgan fingerprint density at radius 3 is 2.82 bits per heavy atom. The van der Waals surface area contributed by atoms with Crippen molar-refractivity contribution in [2.75, 3.05) is 0 Å². The normalized spacial score (nSPS) is 16.4. The van der Waals surface area contributed by atoms with E-state index in [2.05, 4.69) is 20.5 Å². The Kier molecular flexibility index (Phi) is 4.62. The quantitative estimate of drug-likeness (QED) is 0.387. The van der Waals surface area contributed by atoms with E-state index in [4.69, 9.17) is 8.83 Å². The molecule has 2 amide bonds. The SMILES string of the molecule is O=C1CCC(n2c(=O)oc3ccc(Cc4nnc(-c5nc6ccccc6s5)o4)c(F)c32)C(=O)N1.[HH]. The van der Waals surface area contributed by atoms with Gasteiger partial charge in [-0.25, -0.2) is 14.2 Å². The highest BCUT2D eigenvalue weighted by molar-refractivity contribution is 7.21. The van der Waals surface area contributed by atoms with Gasteiger partial charge in [-0.1, -0.05) is 18.2 Å². The van der Waals surface area contributed by atoms with Crippen molar-refractivity contribution in [1.82, 2.24) is 25.1 Å². The summed E-state index contributed by atoms with van der Waals surface area (Å²) >= 11 is 1.40. The smallest absolute Gasteiger partial charge is 0.418 e. The minimum absolute atomic E-state index is 0. The van der Waals surface area contributed by atoms with Crippen LogP contribution in [0.15, 0.2) is 50.0 Å². The van der Waals surface area contributed by atoms with Gasteiger partial charge < -0.3 is 8.83 Å². The van der Waals surface area contributed by atoms with E-state index in [1.54, 1.807) is 0 Å². The summed E-state index contributed by atoms with van der Waals surface area (Å²) < 4.78 is 28.3. The molecule has 5 aromatic rings. The van der Waals surface area contributed by atoms with E-state index in [1.165, 1.54) is 23.5 Å². The first kappa shape index (κ1) is 20.4. The fraction of sp³-hybridized carbons (Fsp3) is 0.182. The first-order chi connectivity index (χ1) is 16.5. The maximum atomic E-state index is 15.5. The van der Waals surface area contributed by atoms with E-state index >= 15 is 4.39 Å². The minimum atomic E-state index is -1.05. The molecule has 1 unspecified atom stereocenters. The molecule has 1 saturated heterocycles. The second-order valence-electron chi connectivity index (χ2n) is 7.75. The van der Waals surface area contributed by atoms with Crippen LogP contribution >= 0.6 is 11.3 Å². The van der Waals surface area contributed by atoms with Crippen molar-refractivity contribution in [3.05, 3.63) is 64.2 Å². The van der Waals surface area contributed by atoms with Gasteiger partial charge in [-0.15, -0.1) is 21.5 Å². The number of nitrogens with zero attached hydrogens (tertiary/aromatic N) is 4. The van der Waals surface area contributed by atoms with E-state index in [0.29, 0.717) is 5.01 Å². The van der Waals surface area contributed by atoms with Crippen molar-refractivity contribution in [2.45, 2.75) is 25.3 Å². The lowest BCUT2D eigenvalue weighted by Crippen LogP contribution is -2.43. The monoisotopic (exact) mass is 481 g/mol. The van der Waals surface area contributed by atoms with Crippen molar-refractivity contribution < 1.29 is 24.2 Å². The fourth-order valence-electron chi connectivity index (χ4n) is 4.02. The molecule has 1 N–H and O–H groups in total. The molecule has 172 valence electrons. The Bertz CT molecular complexity index is 1640. The summed E-state index contributed by atoms with van der Waals surface area (Å²) in [6, 6.07) is 9.46. The van der Waals surface area contributed by atoms with Crippen molar-refractivity contribution >= 4 is 44.5 Å². The Balaban J connectivity index is 0.00000253. The topological polar surface area (TPSA) is 133 Å². The molecule has 10 nitrogen and oxygen atoms in total. The van der Waals surface area contributed by atoms with E-state index < -0.39 is 29.4 Å². The number of halogens is 1. The number of aromatic nitrogens is 4. The molecule has 4 heterocycles. The van der Waals surface area contributed by atoms with Gasteiger partial charge in [-0.05, 0) is 30.2 Å². The molecule has 34 heavy (non-hydrogen) atoms. The zero-order valence-corrected chi connectivity index (χ0v) is 18.1. The number of carbonyl (C=O) groups excluding carboxylic acids is 2. The largest absolute Gasteiger partial charge is 0.420 e. The molecule has 0 bridgehead atoms. The lowest BCUT2D eigenvalue weighted by atomic mass is 10.0. The number of rotatable bonds is 4. The van der Waals surface area contributed by atoms with Crippen molar-refractivity contribution in [3.63, 3.8) is 0 Å². The van der Waals surface area contributed by atoms with E-state index in [9.17, 15) is 14.4 Å². The lowest BCUT2D eigenvalue weighted by Gasteiger charge is -2.21. The Morgan fingerprint density at radius 2 is 2.00 bits per heavy atom. The van der Waals surface area contributed by atoms with Gasteiger partial charge in [0.25, 0.3) is 5.89 Å². The first-order valence-corrected chi connectivity index (χ1v) is 11.1. The molecule has 1 aliphatic rings. The standard InChI is InChI=1S/C22H14FN5O5S.H2/c23-17-10(9-16-26-27-20(33-16)21-24-11-3-1-2-4-14(11)34-21)5-7-13-18(17)28(22(31)32-13)12-6-8-15(29)25-19(12)30;/h1-5,7,12H,6,8-9H2,(H,25,29,30);1H. The molecule has 0 saturated carbocycles. The number of fused-ring (bicyclic) bond motifs is 2. The summed E-state index contributed by atoms with van der Waals surface area (Å²) in [7, 11) is 0. The second kappa shape index (κ2) is 7.70. The number of thiazole rings is 1. The Hall–Kier alpha value is -4.19. The highest BCUT2D eigenvalue weighted by atomic mass is 32.1. The molecule has 1 fully saturated rings.